The maximum absolute atomic E-state index is 7.31. The predicted molar refractivity (Wildman–Crippen MR) is 23.4 cm³/mol. The number of rotatable bonds is 0. The Kier molecular flexibility index (Phi) is 16.0. The second-order valence-electron chi connectivity index (χ2n) is 0.213. The van der Waals surface area contributed by atoms with Gasteiger partial charge in [-0.2, -0.15) is 0 Å². The Morgan fingerprint density at radius 1 is 1.80 bits per heavy atom. The summed E-state index contributed by atoms with van der Waals surface area (Å²) in [5.74, 6) is 0. The van der Waals surface area contributed by atoms with Crippen LogP contribution in [-0.2, 0) is 0 Å². The molecule has 0 atom stereocenters. The first-order chi connectivity index (χ1) is 1.91. The molecule has 0 aliphatic rings. The van der Waals surface area contributed by atoms with E-state index < -0.39 is 0 Å². The summed E-state index contributed by atoms with van der Waals surface area (Å²) in [7, 11) is 0. The average molecular weight is 116 g/mol. The summed E-state index contributed by atoms with van der Waals surface area (Å²) >= 11 is 4.64. The van der Waals surface area contributed by atoms with Gasteiger partial charge in [0.15, 0.2) is 0 Å². The highest BCUT2D eigenvalue weighted by Gasteiger charge is 1.38. The molecule has 0 aromatic carbocycles. The fraction of sp³-hybridized carbons (Fsp3) is 0. The fourth-order valence-corrected chi connectivity index (χ4v) is 0. The second kappa shape index (κ2) is 8.96. The summed E-state index contributed by atoms with van der Waals surface area (Å²) in [4.78, 5) is 0. The Morgan fingerprint density at radius 3 is 2.00 bits per heavy atom. The van der Waals surface area contributed by atoms with Crippen molar-refractivity contribution in [2.75, 3.05) is 0 Å². The van der Waals surface area contributed by atoms with E-state index in [1.165, 1.54) is 0 Å². The standard InChI is InChI=1S/CH2ClNO.ClH/c2-1-3-4;/h1,4H;1H. The number of nitrogens with zero attached hydrogens (tertiary/aromatic N) is 1. The van der Waals surface area contributed by atoms with E-state index in [0.29, 0.717) is 0 Å². The van der Waals surface area contributed by atoms with E-state index in [-0.39, 0.29) is 12.4 Å². The Balaban J connectivity index is 0. The van der Waals surface area contributed by atoms with Crippen molar-refractivity contribution in [3.63, 3.8) is 0 Å². The Bertz CT molecular complexity index is 24.8. The molecule has 0 saturated heterocycles. The molecule has 0 spiro atoms. The van der Waals surface area contributed by atoms with Gasteiger partial charge in [-0.05, 0) is 0 Å². The van der Waals surface area contributed by atoms with Gasteiger partial charge in [-0.25, -0.2) is 0 Å². The van der Waals surface area contributed by atoms with Crippen molar-refractivity contribution in [3.05, 3.63) is 0 Å². The van der Waals surface area contributed by atoms with Crippen LogP contribution in [0.5, 0.6) is 0 Å². The lowest BCUT2D eigenvalue weighted by Crippen LogP contribution is -1.43. The van der Waals surface area contributed by atoms with Crippen LogP contribution in [0.2, 0.25) is 0 Å². The van der Waals surface area contributed by atoms with Crippen molar-refractivity contribution in [2.45, 2.75) is 0 Å². The molecule has 0 aliphatic heterocycles. The summed E-state index contributed by atoms with van der Waals surface area (Å²) < 4.78 is 0. The topological polar surface area (TPSA) is 32.6 Å². The van der Waals surface area contributed by atoms with Crippen molar-refractivity contribution >= 4 is 29.7 Å². The van der Waals surface area contributed by atoms with Crippen LogP contribution < -0.4 is 0 Å². The molecule has 0 aromatic heterocycles. The summed E-state index contributed by atoms with van der Waals surface area (Å²) in [6.07, 6.45) is 0. The third kappa shape index (κ3) is 15.4. The van der Waals surface area contributed by atoms with Gasteiger partial charge in [0.05, 0.1) is 0 Å². The SMILES string of the molecule is Cl.ON=CCl. The first kappa shape index (κ1) is 8.90. The highest BCUT2D eigenvalue weighted by atomic mass is 35.5. The molecule has 0 rings (SSSR count). The van der Waals surface area contributed by atoms with Gasteiger partial charge in [0.1, 0.15) is 5.67 Å². The van der Waals surface area contributed by atoms with Gasteiger partial charge < -0.3 is 5.21 Å². The number of hydrogen-bond acceptors (Lipinski definition) is 2. The third-order valence-corrected chi connectivity index (χ3v) is 0.131. The third-order valence-electron chi connectivity index (χ3n) is 0.0436. The monoisotopic (exact) mass is 115 g/mol. The number of halogens is 2. The van der Waals surface area contributed by atoms with Crippen LogP contribution in [0.25, 0.3) is 0 Å². The molecule has 4 heteroatoms. The quantitative estimate of drug-likeness (QED) is 0.286. The summed E-state index contributed by atoms with van der Waals surface area (Å²) in [5.41, 5.74) is 0.778. The molecule has 0 radical (unpaired) electrons. The van der Waals surface area contributed by atoms with Gasteiger partial charge in [-0.15, -0.1) is 12.4 Å². The van der Waals surface area contributed by atoms with Gasteiger partial charge in [-0.1, -0.05) is 16.8 Å². The van der Waals surface area contributed by atoms with Crippen LogP contribution in [0.3, 0.4) is 0 Å². The lowest BCUT2D eigenvalue weighted by Gasteiger charge is -1.51. The van der Waals surface area contributed by atoms with Gasteiger partial charge in [0, 0.05) is 0 Å². The van der Waals surface area contributed by atoms with Crippen LogP contribution >= 0.6 is 24.0 Å². The Hall–Kier alpha value is 0.0500. The zero-order valence-electron chi connectivity index (χ0n) is 2.26. The lowest BCUT2D eigenvalue weighted by atomic mass is 11.7. The molecular weight excluding hydrogens is 113 g/mol. The van der Waals surface area contributed by atoms with Crippen molar-refractivity contribution in [3.8, 4) is 0 Å². The highest BCUT2D eigenvalue weighted by Crippen LogP contribution is 1.53. The van der Waals surface area contributed by atoms with Gasteiger partial charge in [0.2, 0.25) is 0 Å². The Labute approximate surface area is 40.8 Å². The largest absolute Gasteiger partial charge is 0.410 e. The van der Waals surface area contributed by atoms with Crippen LogP contribution in [0.15, 0.2) is 5.16 Å². The fourth-order valence-electron chi connectivity index (χ4n) is 0. The smallest absolute Gasteiger partial charge is 0.132 e. The van der Waals surface area contributed by atoms with E-state index in [0.717, 1.165) is 5.67 Å². The average Bonchev–Trinajstić information content (AvgIpc) is 1.37. The minimum atomic E-state index is 0. The normalized spacial score (nSPS) is 7.40. The van der Waals surface area contributed by atoms with E-state index in [4.69, 9.17) is 5.21 Å². The highest BCUT2D eigenvalue weighted by molar-refractivity contribution is 6.56. The van der Waals surface area contributed by atoms with Gasteiger partial charge >= 0.3 is 0 Å². The molecule has 0 heterocycles. The zero-order valence-corrected chi connectivity index (χ0v) is 3.83. The van der Waals surface area contributed by atoms with Gasteiger partial charge in [-0.3, -0.25) is 0 Å². The van der Waals surface area contributed by atoms with Crippen LogP contribution in [-0.4, -0.2) is 10.9 Å². The molecule has 0 unspecified atom stereocenters. The summed E-state index contributed by atoms with van der Waals surface area (Å²) in [6, 6.07) is 0. The number of oxime groups is 1. The van der Waals surface area contributed by atoms with E-state index in [1.807, 2.05) is 0 Å². The van der Waals surface area contributed by atoms with Gasteiger partial charge in [0.25, 0.3) is 0 Å². The second-order valence-corrected chi connectivity index (χ2v) is 0.408. The lowest BCUT2D eigenvalue weighted by molar-refractivity contribution is 0.323. The van der Waals surface area contributed by atoms with Crippen molar-refractivity contribution < 1.29 is 5.21 Å². The number of hydrogen-bond donors (Lipinski definition) is 1. The van der Waals surface area contributed by atoms with E-state index in [1.54, 1.807) is 0 Å². The molecule has 0 aromatic rings. The first-order valence-corrected chi connectivity index (χ1v) is 1.11. The van der Waals surface area contributed by atoms with Crippen molar-refractivity contribution in [1.29, 1.82) is 0 Å². The van der Waals surface area contributed by atoms with Crippen molar-refractivity contribution in [1.82, 2.24) is 0 Å². The summed E-state index contributed by atoms with van der Waals surface area (Å²) in [6.45, 7) is 0. The maximum Gasteiger partial charge on any atom is 0.132 e. The molecule has 5 heavy (non-hydrogen) atoms. The minimum absolute atomic E-state index is 0. The van der Waals surface area contributed by atoms with Crippen LogP contribution in [0.4, 0.5) is 0 Å². The molecular formula is CH3Cl2NO. The Morgan fingerprint density at radius 2 is 2.00 bits per heavy atom. The van der Waals surface area contributed by atoms with Crippen molar-refractivity contribution in [2.24, 2.45) is 5.16 Å². The molecule has 1 N–H and O–H groups in total. The first-order valence-electron chi connectivity index (χ1n) is 0.676. The molecule has 2 nitrogen and oxygen atoms in total. The molecule has 0 amide bonds. The van der Waals surface area contributed by atoms with E-state index in [2.05, 4.69) is 16.8 Å². The molecule has 0 bridgehead atoms. The maximum atomic E-state index is 7.31. The zero-order chi connectivity index (χ0) is 3.41. The molecule has 0 saturated carbocycles. The van der Waals surface area contributed by atoms with E-state index in [9.17, 15) is 0 Å². The molecule has 0 aliphatic carbocycles. The summed E-state index contributed by atoms with van der Waals surface area (Å²) in [5, 5.41) is 9.69. The molecule has 0 fully saturated rings. The predicted octanol–water partition coefficient (Wildman–Crippen LogP) is 1.06. The molecule has 32 valence electrons. The van der Waals surface area contributed by atoms with Crippen LogP contribution in [0, 0.1) is 0 Å². The van der Waals surface area contributed by atoms with Crippen LogP contribution in [0.1, 0.15) is 0 Å². The van der Waals surface area contributed by atoms with E-state index >= 15 is 0 Å². The minimum Gasteiger partial charge on any atom is -0.410 e.